The molecule has 3 aliphatic rings. The Labute approximate surface area is 185 Å². The van der Waals surface area contributed by atoms with Crippen LogP contribution in [0.3, 0.4) is 0 Å². The summed E-state index contributed by atoms with van der Waals surface area (Å²) in [6.07, 6.45) is 6.56. The van der Waals surface area contributed by atoms with Crippen LogP contribution in [0.2, 0.25) is 0 Å². The van der Waals surface area contributed by atoms with Crippen LogP contribution in [-0.2, 0) is 23.1 Å². The van der Waals surface area contributed by atoms with E-state index >= 15 is 0 Å². The largest absolute Gasteiger partial charge is 0.351 e. The molecule has 6 rings (SSSR count). The minimum absolute atomic E-state index is 0. The van der Waals surface area contributed by atoms with Gasteiger partial charge >= 0.3 is 0 Å². The first-order valence-corrected chi connectivity index (χ1v) is 9.91. The topological polar surface area (TPSA) is 66.7 Å². The first-order chi connectivity index (χ1) is 14.6. The SMILES string of the molecule is Cl.Cn1ccc2c(C3=C(C4=NC=CN5CCc6cccc4c65)C(=O)NC3=O)cccc21. The average molecular weight is 431 g/mol. The molecular weight excluding hydrogens is 412 g/mol. The monoisotopic (exact) mass is 430 g/mol. The maximum atomic E-state index is 13.0. The van der Waals surface area contributed by atoms with E-state index in [1.807, 2.05) is 60.4 Å². The van der Waals surface area contributed by atoms with Crippen molar-refractivity contribution in [3.8, 4) is 0 Å². The molecule has 3 aromatic rings. The Kier molecular flexibility index (Phi) is 4.34. The van der Waals surface area contributed by atoms with Crippen molar-refractivity contribution in [2.45, 2.75) is 6.42 Å². The summed E-state index contributed by atoms with van der Waals surface area (Å²) in [5, 5.41) is 3.43. The van der Waals surface area contributed by atoms with Crippen molar-refractivity contribution in [1.29, 1.82) is 0 Å². The van der Waals surface area contributed by atoms with Crippen molar-refractivity contribution in [3.05, 3.63) is 83.3 Å². The van der Waals surface area contributed by atoms with Gasteiger partial charge in [-0.25, -0.2) is 0 Å². The highest BCUT2D eigenvalue weighted by Crippen LogP contribution is 2.38. The molecule has 0 fully saturated rings. The van der Waals surface area contributed by atoms with Crippen molar-refractivity contribution in [2.75, 3.05) is 11.4 Å². The van der Waals surface area contributed by atoms with Gasteiger partial charge in [0.1, 0.15) is 0 Å². The van der Waals surface area contributed by atoms with Gasteiger partial charge in [0.25, 0.3) is 11.8 Å². The molecule has 0 aliphatic carbocycles. The number of aromatic nitrogens is 1. The summed E-state index contributed by atoms with van der Waals surface area (Å²) in [5.41, 5.74) is 6.18. The average Bonchev–Trinajstić information content (AvgIpc) is 3.37. The summed E-state index contributed by atoms with van der Waals surface area (Å²) in [5.74, 6) is -0.786. The molecule has 0 radical (unpaired) electrons. The molecule has 0 atom stereocenters. The first kappa shape index (κ1) is 19.3. The molecule has 2 amide bonds. The predicted molar refractivity (Wildman–Crippen MR) is 123 cm³/mol. The summed E-state index contributed by atoms with van der Waals surface area (Å²) < 4.78 is 2.00. The lowest BCUT2D eigenvalue weighted by molar-refractivity contribution is -0.123. The molecule has 154 valence electrons. The second-order valence-corrected chi connectivity index (χ2v) is 7.73. The number of carbonyl (C=O) groups is 2. The van der Waals surface area contributed by atoms with Gasteiger partial charge in [-0.3, -0.25) is 19.9 Å². The van der Waals surface area contributed by atoms with Gasteiger partial charge in [-0.05, 0) is 29.7 Å². The number of rotatable bonds is 2. The van der Waals surface area contributed by atoms with Crippen molar-refractivity contribution in [3.63, 3.8) is 0 Å². The summed E-state index contributed by atoms with van der Waals surface area (Å²) in [7, 11) is 1.96. The molecule has 0 bridgehead atoms. The van der Waals surface area contributed by atoms with E-state index in [1.54, 1.807) is 6.20 Å². The summed E-state index contributed by atoms with van der Waals surface area (Å²) >= 11 is 0. The Morgan fingerprint density at radius 2 is 1.74 bits per heavy atom. The quantitative estimate of drug-likeness (QED) is 0.634. The number of aryl methyl sites for hydroxylation is 1. The number of fused-ring (bicyclic) bond motifs is 1. The Hall–Kier alpha value is -3.64. The van der Waals surface area contributed by atoms with Crippen molar-refractivity contribution < 1.29 is 9.59 Å². The normalized spacial score (nSPS) is 16.9. The first-order valence-electron chi connectivity index (χ1n) is 9.91. The van der Waals surface area contributed by atoms with Crippen LogP contribution < -0.4 is 10.2 Å². The number of anilines is 1. The van der Waals surface area contributed by atoms with Gasteiger partial charge in [-0.15, -0.1) is 12.4 Å². The summed E-state index contributed by atoms with van der Waals surface area (Å²) in [4.78, 5) is 32.7. The second-order valence-electron chi connectivity index (χ2n) is 7.73. The number of para-hydroxylation sites is 1. The lowest BCUT2D eigenvalue weighted by Gasteiger charge is -2.17. The molecule has 4 heterocycles. The number of benzene rings is 2. The van der Waals surface area contributed by atoms with Gasteiger partial charge in [0, 0.05) is 48.7 Å². The van der Waals surface area contributed by atoms with Crippen molar-refractivity contribution in [1.82, 2.24) is 9.88 Å². The Bertz CT molecular complexity index is 1380. The second kappa shape index (κ2) is 6.96. The molecular formula is C24H19ClN4O2. The lowest BCUT2D eigenvalue weighted by atomic mass is 9.91. The van der Waals surface area contributed by atoms with Crippen LogP contribution in [0.1, 0.15) is 16.7 Å². The molecule has 31 heavy (non-hydrogen) atoms. The number of amides is 2. The van der Waals surface area contributed by atoms with Crippen LogP contribution in [0.5, 0.6) is 0 Å². The van der Waals surface area contributed by atoms with Crippen LogP contribution in [0, 0.1) is 0 Å². The molecule has 1 N–H and O–H groups in total. The number of nitrogens with zero attached hydrogens (tertiary/aromatic N) is 3. The zero-order valence-corrected chi connectivity index (χ0v) is 17.6. The van der Waals surface area contributed by atoms with E-state index in [4.69, 9.17) is 0 Å². The fourth-order valence-corrected chi connectivity index (χ4v) is 4.74. The fraction of sp³-hybridized carbons (Fsp3) is 0.125. The van der Waals surface area contributed by atoms with E-state index in [1.165, 1.54) is 5.56 Å². The molecule has 0 saturated carbocycles. The number of halogens is 1. The number of imide groups is 1. The maximum absolute atomic E-state index is 13.0. The predicted octanol–water partition coefficient (Wildman–Crippen LogP) is 3.35. The number of carbonyl (C=O) groups excluding carboxylic acids is 2. The van der Waals surface area contributed by atoms with E-state index in [9.17, 15) is 9.59 Å². The molecule has 0 unspecified atom stereocenters. The van der Waals surface area contributed by atoms with Crippen LogP contribution in [0.4, 0.5) is 5.69 Å². The molecule has 1 aromatic heterocycles. The highest BCUT2D eigenvalue weighted by molar-refractivity contribution is 6.48. The minimum atomic E-state index is -0.404. The van der Waals surface area contributed by atoms with Gasteiger partial charge in [-0.1, -0.05) is 30.3 Å². The zero-order valence-electron chi connectivity index (χ0n) is 16.8. The zero-order chi connectivity index (χ0) is 20.4. The van der Waals surface area contributed by atoms with Crippen LogP contribution in [0.25, 0.3) is 16.5 Å². The minimum Gasteiger partial charge on any atom is -0.351 e. The van der Waals surface area contributed by atoms with E-state index < -0.39 is 5.91 Å². The van der Waals surface area contributed by atoms with Gasteiger partial charge in [-0.2, -0.15) is 0 Å². The Morgan fingerprint density at radius 3 is 2.61 bits per heavy atom. The third-order valence-electron chi connectivity index (χ3n) is 6.10. The van der Waals surface area contributed by atoms with E-state index in [0.29, 0.717) is 16.9 Å². The maximum Gasteiger partial charge on any atom is 0.261 e. The highest BCUT2D eigenvalue weighted by atomic mass is 35.5. The number of hydrogen-bond donors (Lipinski definition) is 1. The molecule has 7 heteroatoms. The Morgan fingerprint density at radius 1 is 0.968 bits per heavy atom. The highest BCUT2D eigenvalue weighted by Gasteiger charge is 2.37. The van der Waals surface area contributed by atoms with Crippen LogP contribution in [-0.4, -0.2) is 28.6 Å². The Balaban J connectivity index is 0.00000204. The van der Waals surface area contributed by atoms with Gasteiger partial charge in [0.05, 0.1) is 22.5 Å². The summed E-state index contributed by atoms with van der Waals surface area (Å²) in [6.45, 7) is 0.881. The van der Waals surface area contributed by atoms with E-state index in [0.717, 1.165) is 40.7 Å². The number of aliphatic imine (C=N–C) groups is 1. The number of hydrogen-bond acceptors (Lipinski definition) is 4. The molecule has 0 saturated heterocycles. The molecule has 3 aliphatic heterocycles. The van der Waals surface area contributed by atoms with Crippen molar-refractivity contribution in [2.24, 2.45) is 12.0 Å². The standard InChI is InChI=1S/C24H18N4O2.ClH/c1-27-11-9-15-16(5-3-7-18(15)27)19-20(24(30)26-23(19)29)21-17-6-2-4-14-8-12-28(22(14)17)13-10-25-21;/h2-7,9-11,13H,8,12H2,1H3,(H,26,29,30);1H. The molecule has 0 spiro atoms. The van der Waals surface area contributed by atoms with Crippen LogP contribution >= 0.6 is 12.4 Å². The smallest absolute Gasteiger partial charge is 0.261 e. The van der Waals surface area contributed by atoms with Gasteiger partial charge in [0.15, 0.2) is 0 Å². The fourth-order valence-electron chi connectivity index (χ4n) is 4.74. The van der Waals surface area contributed by atoms with E-state index in [2.05, 4.69) is 21.3 Å². The van der Waals surface area contributed by atoms with Crippen molar-refractivity contribution >= 4 is 52.1 Å². The summed E-state index contributed by atoms with van der Waals surface area (Å²) in [6, 6.07) is 13.9. The van der Waals surface area contributed by atoms with Gasteiger partial charge < -0.3 is 9.47 Å². The van der Waals surface area contributed by atoms with E-state index in [-0.39, 0.29) is 18.3 Å². The third-order valence-corrected chi connectivity index (χ3v) is 6.10. The lowest BCUT2D eigenvalue weighted by Crippen LogP contribution is -2.25. The molecule has 6 nitrogen and oxygen atoms in total. The van der Waals surface area contributed by atoms with Gasteiger partial charge in [0.2, 0.25) is 0 Å². The molecule has 2 aromatic carbocycles. The third kappa shape index (κ3) is 2.68. The number of nitrogens with one attached hydrogen (secondary N) is 1. The van der Waals surface area contributed by atoms with Crippen LogP contribution in [0.15, 0.2) is 71.6 Å².